The van der Waals surface area contributed by atoms with Crippen molar-refractivity contribution in [1.82, 2.24) is 15.5 Å². The lowest BCUT2D eigenvalue weighted by molar-refractivity contribution is -0.120. The molecule has 0 saturated heterocycles. The SMILES string of the molecule is Cc1ccc(CSCC(=O)NC2(c3noc(C)n3)CCCC2)cc1. The number of aromatic nitrogens is 2. The van der Waals surface area contributed by atoms with Gasteiger partial charge in [0.1, 0.15) is 5.54 Å². The van der Waals surface area contributed by atoms with Gasteiger partial charge in [-0.25, -0.2) is 0 Å². The van der Waals surface area contributed by atoms with Gasteiger partial charge in [0.25, 0.3) is 0 Å². The summed E-state index contributed by atoms with van der Waals surface area (Å²) in [5.74, 6) is 2.47. The lowest BCUT2D eigenvalue weighted by Crippen LogP contribution is -2.45. The van der Waals surface area contributed by atoms with E-state index in [2.05, 4.69) is 46.6 Å². The van der Waals surface area contributed by atoms with Crippen molar-refractivity contribution in [2.45, 2.75) is 50.8 Å². The van der Waals surface area contributed by atoms with Crippen molar-refractivity contribution in [1.29, 1.82) is 0 Å². The van der Waals surface area contributed by atoms with Gasteiger partial charge >= 0.3 is 0 Å². The zero-order valence-corrected chi connectivity index (χ0v) is 15.0. The zero-order chi connectivity index (χ0) is 17.0. The number of carbonyl (C=O) groups excluding carboxylic acids is 1. The number of amides is 1. The van der Waals surface area contributed by atoms with E-state index in [0.29, 0.717) is 17.5 Å². The Morgan fingerprint density at radius 2 is 1.96 bits per heavy atom. The molecule has 24 heavy (non-hydrogen) atoms. The molecule has 0 aliphatic heterocycles. The van der Waals surface area contributed by atoms with Crippen LogP contribution in [0, 0.1) is 13.8 Å². The Balaban J connectivity index is 1.55. The molecule has 1 N–H and O–H groups in total. The Hall–Kier alpha value is -1.82. The molecule has 6 heteroatoms. The molecule has 128 valence electrons. The molecule has 0 radical (unpaired) electrons. The maximum Gasteiger partial charge on any atom is 0.230 e. The van der Waals surface area contributed by atoms with Gasteiger partial charge in [-0.05, 0) is 25.3 Å². The van der Waals surface area contributed by atoms with E-state index in [1.54, 1.807) is 18.7 Å². The highest BCUT2D eigenvalue weighted by Gasteiger charge is 2.41. The summed E-state index contributed by atoms with van der Waals surface area (Å²) < 4.78 is 5.11. The lowest BCUT2D eigenvalue weighted by Gasteiger charge is -2.26. The molecule has 5 nitrogen and oxygen atoms in total. The third-order valence-electron chi connectivity index (χ3n) is 4.41. The standard InChI is InChI=1S/C18H23N3O2S/c1-13-5-7-15(8-6-13)11-24-12-16(22)20-18(9-3-4-10-18)17-19-14(2)23-21-17/h5-8H,3-4,9-12H2,1-2H3,(H,20,22). The first-order valence-corrected chi connectivity index (χ1v) is 9.48. The molecule has 1 aromatic heterocycles. The first kappa shape index (κ1) is 17.0. The fourth-order valence-corrected chi connectivity index (χ4v) is 3.91. The maximum atomic E-state index is 12.4. The maximum absolute atomic E-state index is 12.4. The normalized spacial score (nSPS) is 16.2. The van der Waals surface area contributed by atoms with E-state index in [4.69, 9.17) is 4.52 Å². The van der Waals surface area contributed by atoms with Gasteiger partial charge in [0, 0.05) is 12.7 Å². The van der Waals surface area contributed by atoms with Crippen LogP contribution in [-0.2, 0) is 16.1 Å². The molecule has 1 aromatic carbocycles. The van der Waals surface area contributed by atoms with Crippen LogP contribution < -0.4 is 5.32 Å². The largest absolute Gasteiger partial charge is 0.343 e. The van der Waals surface area contributed by atoms with Gasteiger partial charge in [-0.3, -0.25) is 4.79 Å². The van der Waals surface area contributed by atoms with Crippen molar-refractivity contribution in [3.63, 3.8) is 0 Å². The highest BCUT2D eigenvalue weighted by Crippen LogP contribution is 2.37. The topological polar surface area (TPSA) is 68.0 Å². The number of hydrogen-bond donors (Lipinski definition) is 1. The van der Waals surface area contributed by atoms with Crippen molar-refractivity contribution in [3.05, 3.63) is 47.1 Å². The van der Waals surface area contributed by atoms with E-state index in [9.17, 15) is 4.79 Å². The van der Waals surface area contributed by atoms with E-state index < -0.39 is 5.54 Å². The molecular formula is C18H23N3O2S. The summed E-state index contributed by atoms with van der Waals surface area (Å²) in [6.07, 6.45) is 3.90. The van der Waals surface area contributed by atoms with Crippen LogP contribution in [-0.4, -0.2) is 21.8 Å². The second-order valence-corrected chi connectivity index (χ2v) is 7.44. The van der Waals surface area contributed by atoms with Gasteiger partial charge < -0.3 is 9.84 Å². The Bertz CT molecular complexity index is 691. The third kappa shape index (κ3) is 3.98. The number of nitrogens with one attached hydrogen (secondary N) is 1. The van der Waals surface area contributed by atoms with E-state index in [-0.39, 0.29) is 5.91 Å². The number of carbonyl (C=O) groups is 1. The minimum absolute atomic E-state index is 0.0384. The van der Waals surface area contributed by atoms with Crippen LogP contribution in [0.3, 0.4) is 0 Å². The van der Waals surface area contributed by atoms with Gasteiger partial charge in [0.15, 0.2) is 5.82 Å². The Kier molecular flexibility index (Phi) is 5.23. The molecule has 0 bridgehead atoms. The highest BCUT2D eigenvalue weighted by molar-refractivity contribution is 7.99. The molecule has 0 unspecified atom stereocenters. The van der Waals surface area contributed by atoms with Crippen LogP contribution in [0.25, 0.3) is 0 Å². The molecule has 1 heterocycles. The Labute approximate surface area is 146 Å². The zero-order valence-electron chi connectivity index (χ0n) is 14.2. The molecule has 2 aromatic rings. The summed E-state index contributed by atoms with van der Waals surface area (Å²) in [5.41, 5.74) is 2.04. The fraction of sp³-hybridized carbons (Fsp3) is 0.500. The molecule has 1 amide bonds. The average molecular weight is 345 g/mol. The second-order valence-electron chi connectivity index (χ2n) is 6.45. The summed E-state index contributed by atoms with van der Waals surface area (Å²) in [6.45, 7) is 3.85. The summed E-state index contributed by atoms with van der Waals surface area (Å²) in [5, 5.41) is 7.22. The summed E-state index contributed by atoms with van der Waals surface area (Å²) in [7, 11) is 0. The molecule has 1 saturated carbocycles. The van der Waals surface area contributed by atoms with Crippen LogP contribution in [0.2, 0.25) is 0 Å². The van der Waals surface area contributed by atoms with Gasteiger partial charge in [0.05, 0.1) is 5.75 Å². The predicted octanol–water partition coefficient (Wildman–Crippen LogP) is 3.51. The highest BCUT2D eigenvalue weighted by atomic mass is 32.2. The Morgan fingerprint density at radius 1 is 1.25 bits per heavy atom. The minimum atomic E-state index is -0.445. The number of aryl methyl sites for hydroxylation is 2. The van der Waals surface area contributed by atoms with Crippen molar-refractivity contribution < 1.29 is 9.32 Å². The molecule has 1 fully saturated rings. The van der Waals surface area contributed by atoms with Crippen LogP contribution in [0.4, 0.5) is 0 Å². The first-order valence-electron chi connectivity index (χ1n) is 8.32. The Morgan fingerprint density at radius 3 is 2.58 bits per heavy atom. The van der Waals surface area contributed by atoms with Crippen LogP contribution >= 0.6 is 11.8 Å². The molecule has 0 spiro atoms. The molecule has 0 atom stereocenters. The van der Waals surface area contributed by atoms with E-state index in [1.165, 1.54) is 11.1 Å². The van der Waals surface area contributed by atoms with Crippen LogP contribution in [0.15, 0.2) is 28.8 Å². The van der Waals surface area contributed by atoms with E-state index in [1.807, 2.05) is 0 Å². The summed E-state index contributed by atoms with van der Waals surface area (Å²) in [4.78, 5) is 16.8. The predicted molar refractivity (Wildman–Crippen MR) is 94.7 cm³/mol. The molecule has 1 aliphatic carbocycles. The quantitative estimate of drug-likeness (QED) is 0.868. The van der Waals surface area contributed by atoms with Gasteiger partial charge in [-0.1, -0.05) is 47.8 Å². The van der Waals surface area contributed by atoms with Crippen molar-refractivity contribution in [2.75, 3.05) is 5.75 Å². The minimum Gasteiger partial charge on any atom is -0.343 e. The smallest absolute Gasteiger partial charge is 0.230 e. The van der Waals surface area contributed by atoms with E-state index >= 15 is 0 Å². The number of benzene rings is 1. The first-order chi connectivity index (χ1) is 11.6. The van der Waals surface area contributed by atoms with E-state index in [0.717, 1.165) is 31.4 Å². The second kappa shape index (κ2) is 7.38. The lowest BCUT2D eigenvalue weighted by atomic mass is 9.96. The van der Waals surface area contributed by atoms with Crippen molar-refractivity contribution in [3.8, 4) is 0 Å². The molecular weight excluding hydrogens is 322 g/mol. The average Bonchev–Trinajstić information content (AvgIpc) is 3.19. The van der Waals surface area contributed by atoms with Crippen molar-refractivity contribution >= 4 is 17.7 Å². The summed E-state index contributed by atoms with van der Waals surface area (Å²) >= 11 is 1.63. The van der Waals surface area contributed by atoms with Crippen molar-refractivity contribution in [2.24, 2.45) is 0 Å². The number of nitrogens with zero attached hydrogens (tertiary/aromatic N) is 2. The molecule has 3 rings (SSSR count). The van der Waals surface area contributed by atoms with Crippen LogP contribution in [0.5, 0.6) is 0 Å². The van der Waals surface area contributed by atoms with Gasteiger partial charge in [-0.2, -0.15) is 4.98 Å². The van der Waals surface area contributed by atoms with Crippen LogP contribution in [0.1, 0.15) is 48.5 Å². The van der Waals surface area contributed by atoms with Gasteiger partial charge in [0.2, 0.25) is 11.8 Å². The molecule has 1 aliphatic rings. The monoisotopic (exact) mass is 345 g/mol. The van der Waals surface area contributed by atoms with Gasteiger partial charge in [-0.15, -0.1) is 11.8 Å². The number of rotatable bonds is 6. The fourth-order valence-electron chi connectivity index (χ4n) is 3.13. The summed E-state index contributed by atoms with van der Waals surface area (Å²) in [6, 6.07) is 8.42. The third-order valence-corrected chi connectivity index (χ3v) is 5.42. The number of thioether (sulfide) groups is 1. The number of hydrogen-bond acceptors (Lipinski definition) is 5.